The minimum atomic E-state index is -0.711. The van der Waals surface area contributed by atoms with Crippen LogP contribution in [0.5, 0.6) is 5.88 Å². The maximum absolute atomic E-state index is 13.8. The molecule has 1 unspecified atom stereocenters. The van der Waals surface area contributed by atoms with Crippen molar-refractivity contribution in [3.8, 4) is 5.88 Å². The van der Waals surface area contributed by atoms with Gasteiger partial charge in [0.1, 0.15) is 17.5 Å². The Morgan fingerprint density at radius 1 is 1.10 bits per heavy atom. The molecule has 2 fully saturated rings. The van der Waals surface area contributed by atoms with E-state index in [1.807, 2.05) is 43.3 Å². The molecule has 0 spiro atoms. The summed E-state index contributed by atoms with van der Waals surface area (Å²) in [5.74, 6) is -0.0937. The fourth-order valence-electron chi connectivity index (χ4n) is 5.56. The molecule has 0 radical (unpaired) electrons. The summed E-state index contributed by atoms with van der Waals surface area (Å²) >= 11 is 0. The lowest BCUT2D eigenvalue weighted by atomic mass is 9.86. The number of carbonyl (C=O) groups excluding carboxylic acids is 2. The highest BCUT2D eigenvalue weighted by atomic mass is 16.6. The number of nitrogens with zero attached hydrogens (tertiary/aromatic N) is 5. The predicted octanol–water partition coefficient (Wildman–Crippen LogP) is 5.98. The molecular weight excluding hydrogens is 536 g/mol. The van der Waals surface area contributed by atoms with Gasteiger partial charge < -0.3 is 14.2 Å². The Kier molecular flexibility index (Phi) is 6.90. The number of imidazole rings is 1. The van der Waals surface area contributed by atoms with Gasteiger partial charge >= 0.3 is 6.09 Å². The molecule has 2 bridgehead atoms. The Balaban J connectivity index is 1.42. The Morgan fingerprint density at radius 3 is 2.31 bits per heavy atom. The SMILES string of the molecule is C=C1O[C@H]2C(C)[C@@]1(CC)O[C@H]2n1cnc2c(OC(=O)N(c3ccccc3)c3ccccc3)nc(NC(=O)C(C)C)nc21. The van der Waals surface area contributed by atoms with Crippen LogP contribution in [0.4, 0.5) is 22.1 Å². The first-order valence-electron chi connectivity index (χ1n) is 13.9. The van der Waals surface area contributed by atoms with E-state index in [1.165, 1.54) is 4.90 Å². The maximum Gasteiger partial charge on any atom is 0.425 e. The molecular formula is C31H32N6O5. The van der Waals surface area contributed by atoms with Gasteiger partial charge in [-0.3, -0.25) is 14.7 Å². The predicted molar refractivity (Wildman–Crippen MR) is 156 cm³/mol. The van der Waals surface area contributed by atoms with Crippen LogP contribution in [0.3, 0.4) is 0 Å². The minimum absolute atomic E-state index is 0.0246. The summed E-state index contributed by atoms with van der Waals surface area (Å²) in [6.07, 6.45) is 0.653. The van der Waals surface area contributed by atoms with Crippen LogP contribution < -0.4 is 15.0 Å². The Labute approximate surface area is 243 Å². The number of amides is 2. The van der Waals surface area contributed by atoms with Crippen LogP contribution >= 0.6 is 0 Å². The van der Waals surface area contributed by atoms with Gasteiger partial charge in [-0.2, -0.15) is 9.97 Å². The highest BCUT2D eigenvalue weighted by molar-refractivity contribution is 5.98. The molecule has 2 saturated heterocycles. The van der Waals surface area contributed by atoms with Gasteiger partial charge in [-0.1, -0.05) is 70.7 Å². The third-order valence-corrected chi connectivity index (χ3v) is 7.93. The Hall–Kier alpha value is -4.77. The molecule has 2 aromatic carbocycles. The van der Waals surface area contributed by atoms with Crippen molar-refractivity contribution >= 4 is 40.5 Å². The van der Waals surface area contributed by atoms with E-state index in [0.717, 1.165) is 0 Å². The van der Waals surface area contributed by atoms with Crippen molar-refractivity contribution in [3.05, 3.63) is 79.3 Å². The molecule has 11 heteroatoms. The number of anilines is 3. The summed E-state index contributed by atoms with van der Waals surface area (Å²) in [6, 6.07) is 18.3. The Morgan fingerprint density at radius 2 is 1.74 bits per heavy atom. The number of rotatable bonds is 7. The molecule has 2 aliphatic rings. The molecule has 0 aliphatic carbocycles. The lowest BCUT2D eigenvalue weighted by Crippen LogP contribution is -2.34. The van der Waals surface area contributed by atoms with E-state index in [2.05, 4.69) is 33.8 Å². The van der Waals surface area contributed by atoms with Crippen molar-refractivity contribution < 1.29 is 23.8 Å². The van der Waals surface area contributed by atoms with E-state index < -0.39 is 17.9 Å². The number of benzene rings is 2. The van der Waals surface area contributed by atoms with Crippen molar-refractivity contribution in [1.82, 2.24) is 19.5 Å². The van der Waals surface area contributed by atoms with E-state index >= 15 is 0 Å². The average molecular weight is 569 g/mol. The van der Waals surface area contributed by atoms with E-state index in [1.54, 1.807) is 49.0 Å². The van der Waals surface area contributed by atoms with Gasteiger partial charge in [0, 0.05) is 11.8 Å². The van der Waals surface area contributed by atoms with Gasteiger partial charge in [0.25, 0.3) is 5.88 Å². The lowest BCUT2D eigenvalue weighted by molar-refractivity contribution is -0.136. The fraction of sp³-hybridized carbons (Fsp3) is 0.323. The molecule has 4 heterocycles. The quantitative estimate of drug-likeness (QED) is 0.289. The van der Waals surface area contributed by atoms with E-state index in [9.17, 15) is 9.59 Å². The zero-order valence-corrected chi connectivity index (χ0v) is 23.9. The molecule has 1 N–H and O–H groups in total. The average Bonchev–Trinajstić information content (AvgIpc) is 3.61. The second-order valence-corrected chi connectivity index (χ2v) is 10.7. The van der Waals surface area contributed by atoms with Gasteiger partial charge in [-0.15, -0.1) is 0 Å². The number of hydrogen-bond donors (Lipinski definition) is 1. The highest BCUT2D eigenvalue weighted by Gasteiger charge is 2.62. The van der Waals surface area contributed by atoms with Crippen LogP contribution in [0.2, 0.25) is 0 Å². The minimum Gasteiger partial charge on any atom is -0.487 e. The third kappa shape index (κ3) is 4.46. The molecule has 4 atom stereocenters. The molecule has 2 aromatic heterocycles. The van der Waals surface area contributed by atoms with Crippen LogP contribution in [0.1, 0.15) is 40.3 Å². The smallest absolute Gasteiger partial charge is 0.425 e. The van der Waals surface area contributed by atoms with Crippen LogP contribution in [0, 0.1) is 11.8 Å². The zero-order valence-electron chi connectivity index (χ0n) is 23.9. The monoisotopic (exact) mass is 568 g/mol. The lowest BCUT2D eigenvalue weighted by Gasteiger charge is -2.32. The Bertz CT molecular complexity index is 1620. The number of carbonyl (C=O) groups is 2. The van der Waals surface area contributed by atoms with Crippen molar-refractivity contribution in [1.29, 1.82) is 0 Å². The number of fused-ring (bicyclic) bond motifs is 3. The van der Waals surface area contributed by atoms with Crippen molar-refractivity contribution in [2.24, 2.45) is 11.8 Å². The first kappa shape index (κ1) is 27.4. The molecule has 216 valence electrons. The molecule has 11 nitrogen and oxygen atoms in total. The summed E-state index contributed by atoms with van der Waals surface area (Å²) in [5.41, 5.74) is 1.13. The molecule has 6 rings (SSSR count). The van der Waals surface area contributed by atoms with Gasteiger partial charge in [0.15, 0.2) is 17.4 Å². The van der Waals surface area contributed by atoms with Crippen molar-refractivity contribution in [3.63, 3.8) is 0 Å². The molecule has 2 amide bonds. The highest BCUT2D eigenvalue weighted by Crippen LogP contribution is 2.55. The van der Waals surface area contributed by atoms with Gasteiger partial charge in [-0.25, -0.2) is 14.7 Å². The summed E-state index contributed by atoms with van der Waals surface area (Å²) in [5, 5.41) is 2.72. The first-order valence-corrected chi connectivity index (χ1v) is 13.9. The number of para-hydroxylation sites is 2. The van der Waals surface area contributed by atoms with Gasteiger partial charge in [0.2, 0.25) is 11.9 Å². The molecule has 2 aliphatic heterocycles. The summed E-state index contributed by atoms with van der Waals surface area (Å²) in [7, 11) is 0. The second kappa shape index (κ2) is 10.6. The standard InChI is InChI=1S/C31H32N6O5/c1-6-31-19(4)24(40-20(31)5)28(42-31)36-17-32-23-25(36)33-29(34-26(38)18(2)3)35-27(23)41-30(39)37(21-13-9-7-10-14-21)22-15-11-8-12-16-22/h7-19,24,28H,5-6H2,1-4H3,(H,33,34,35,38)/t19?,24-,28+,31+/m0/s1. The van der Waals surface area contributed by atoms with Crippen LogP contribution in [0.25, 0.3) is 11.2 Å². The molecule has 4 aromatic rings. The summed E-state index contributed by atoms with van der Waals surface area (Å²) < 4.78 is 20.3. The van der Waals surface area contributed by atoms with E-state index in [-0.39, 0.29) is 41.2 Å². The van der Waals surface area contributed by atoms with Crippen molar-refractivity contribution in [2.75, 3.05) is 10.2 Å². The van der Waals surface area contributed by atoms with Gasteiger partial charge in [0.05, 0.1) is 17.7 Å². The zero-order chi connectivity index (χ0) is 29.6. The largest absolute Gasteiger partial charge is 0.487 e. The number of nitrogens with one attached hydrogen (secondary N) is 1. The van der Waals surface area contributed by atoms with Gasteiger partial charge in [-0.05, 0) is 30.7 Å². The maximum atomic E-state index is 13.8. The molecule has 0 saturated carbocycles. The van der Waals surface area contributed by atoms with E-state index in [0.29, 0.717) is 29.2 Å². The van der Waals surface area contributed by atoms with Crippen LogP contribution in [0.15, 0.2) is 79.3 Å². The molecule has 42 heavy (non-hydrogen) atoms. The fourth-order valence-corrected chi connectivity index (χ4v) is 5.56. The van der Waals surface area contributed by atoms with Crippen LogP contribution in [-0.2, 0) is 14.3 Å². The third-order valence-electron chi connectivity index (χ3n) is 7.93. The topological polar surface area (TPSA) is 121 Å². The normalized spacial score (nSPS) is 22.8. The summed E-state index contributed by atoms with van der Waals surface area (Å²) in [6.45, 7) is 11.7. The van der Waals surface area contributed by atoms with E-state index in [4.69, 9.17) is 14.2 Å². The van der Waals surface area contributed by atoms with Crippen molar-refractivity contribution in [2.45, 2.75) is 52.0 Å². The first-order chi connectivity index (χ1) is 20.2. The second-order valence-electron chi connectivity index (χ2n) is 10.7. The number of ether oxygens (including phenoxy) is 3. The van der Waals surface area contributed by atoms with Crippen LogP contribution in [-0.4, -0.2) is 43.2 Å². The summed E-state index contributed by atoms with van der Waals surface area (Å²) in [4.78, 5) is 41.4. The number of hydrogen-bond acceptors (Lipinski definition) is 8. The number of aromatic nitrogens is 4.